The van der Waals surface area contributed by atoms with Crippen molar-refractivity contribution >= 4 is 19.8 Å². The quantitative estimate of drug-likeness (QED) is 0.114. The summed E-state index contributed by atoms with van der Waals surface area (Å²) in [5.41, 5.74) is 0. The average molecular weight is 475 g/mol. The second-order valence-electron chi connectivity index (χ2n) is 7.22. The van der Waals surface area contributed by atoms with Crippen molar-refractivity contribution in [2.45, 2.75) is 84.2 Å². The van der Waals surface area contributed by atoms with Crippen LogP contribution in [0.15, 0.2) is 36.5 Å². The Hall–Kier alpha value is -1.73. The van der Waals surface area contributed by atoms with Crippen molar-refractivity contribution in [2.75, 3.05) is 13.2 Å². The van der Waals surface area contributed by atoms with E-state index in [4.69, 9.17) is 19.3 Å². The predicted octanol–water partition coefficient (Wildman–Crippen LogP) is 5.16. The maximum atomic E-state index is 12.0. The SMILES string of the molecule is CC/C=C\C/C=C\C/C=C\CCCCCC(=O)OC(COC(=O)CCC)COP(=O)(O)O. The molecule has 0 amide bonds. The van der Waals surface area contributed by atoms with E-state index in [-0.39, 0.29) is 19.4 Å². The second-order valence-corrected chi connectivity index (χ2v) is 8.46. The minimum atomic E-state index is -4.72. The smallest absolute Gasteiger partial charge is 0.462 e. The maximum Gasteiger partial charge on any atom is 0.469 e. The van der Waals surface area contributed by atoms with Crippen LogP contribution >= 0.6 is 7.82 Å². The van der Waals surface area contributed by atoms with Gasteiger partial charge < -0.3 is 19.3 Å². The standard InChI is InChI=1S/C23H39O8P/c1-3-5-6-7-8-9-10-11-12-13-14-15-16-18-23(25)31-21(20-30-32(26,27)28)19-29-22(24)17-4-2/h5-6,8-9,11-12,21H,3-4,7,10,13-20H2,1-2H3,(H2,26,27,28)/b6-5-,9-8-,12-11-. The molecular weight excluding hydrogens is 435 g/mol. The van der Waals surface area contributed by atoms with Crippen LogP contribution in [0.5, 0.6) is 0 Å². The van der Waals surface area contributed by atoms with Gasteiger partial charge in [-0.15, -0.1) is 0 Å². The van der Waals surface area contributed by atoms with Gasteiger partial charge in [-0.3, -0.25) is 14.1 Å². The molecule has 0 fully saturated rings. The Morgan fingerprint density at radius 3 is 2.12 bits per heavy atom. The summed E-state index contributed by atoms with van der Waals surface area (Å²) in [5, 5.41) is 0. The van der Waals surface area contributed by atoms with Gasteiger partial charge in [0.1, 0.15) is 6.61 Å². The molecule has 0 aromatic rings. The summed E-state index contributed by atoms with van der Waals surface area (Å²) in [7, 11) is -4.72. The predicted molar refractivity (Wildman–Crippen MR) is 124 cm³/mol. The molecular formula is C23H39O8P. The molecule has 0 bridgehead atoms. The Bertz CT molecular complexity index is 636. The zero-order valence-electron chi connectivity index (χ0n) is 19.3. The van der Waals surface area contributed by atoms with E-state index in [0.717, 1.165) is 38.5 Å². The third kappa shape index (κ3) is 21.5. The van der Waals surface area contributed by atoms with Crippen LogP contribution < -0.4 is 0 Å². The molecule has 0 spiro atoms. The molecule has 0 radical (unpaired) electrons. The molecule has 0 aromatic carbocycles. The Morgan fingerprint density at radius 1 is 0.844 bits per heavy atom. The van der Waals surface area contributed by atoms with Crippen molar-refractivity contribution < 1.29 is 37.9 Å². The summed E-state index contributed by atoms with van der Waals surface area (Å²) in [4.78, 5) is 41.1. The highest BCUT2D eigenvalue weighted by Crippen LogP contribution is 2.35. The Morgan fingerprint density at radius 2 is 1.50 bits per heavy atom. The lowest BCUT2D eigenvalue weighted by Crippen LogP contribution is -2.29. The molecule has 0 aliphatic carbocycles. The summed E-state index contributed by atoms with van der Waals surface area (Å²) in [6.45, 7) is 3.07. The molecule has 8 nitrogen and oxygen atoms in total. The fourth-order valence-corrected chi connectivity index (χ4v) is 2.90. The van der Waals surface area contributed by atoms with Gasteiger partial charge >= 0.3 is 19.8 Å². The van der Waals surface area contributed by atoms with Gasteiger partial charge in [-0.25, -0.2) is 4.57 Å². The Labute approximate surface area is 192 Å². The third-order valence-electron chi connectivity index (χ3n) is 4.14. The van der Waals surface area contributed by atoms with E-state index < -0.39 is 32.5 Å². The molecule has 0 heterocycles. The molecule has 0 saturated heterocycles. The number of allylic oxidation sites excluding steroid dienone is 6. The van der Waals surface area contributed by atoms with E-state index in [9.17, 15) is 14.2 Å². The fraction of sp³-hybridized carbons (Fsp3) is 0.652. The van der Waals surface area contributed by atoms with Crippen molar-refractivity contribution in [1.82, 2.24) is 0 Å². The number of esters is 2. The molecule has 9 heteroatoms. The van der Waals surface area contributed by atoms with Gasteiger partial charge in [0.2, 0.25) is 0 Å². The van der Waals surface area contributed by atoms with Gasteiger partial charge in [0.25, 0.3) is 0 Å². The van der Waals surface area contributed by atoms with Crippen LogP contribution in [0.4, 0.5) is 0 Å². The molecule has 0 saturated carbocycles. The monoisotopic (exact) mass is 474 g/mol. The number of phosphoric acid groups is 1. The Balaban J connectivity index is 4.07. The number of carbonyl (C=O) groups is 2. The minimum absolute atomic E-state index is 0.174. The molecule has 0 aliphatic rings. The van der Waals surface area contributed by atoms with Gasteiger partial charge in [0.05, 0.1) is 6.61 Å². The van der Waals surface area contributed by atoms with E-state index in [1.165, 1.54) is 0 Å². The lowest BCUT2D eigenvalue weighted by Gasteiger charge is -2.18. The molecule has 1 unspecified atom stereocenters. The molecule has 184 valence electrons. The van der Waals surface area contributed by atoms with Crippen molar-refractivity contribution in [2.24, 2.45) is 0 Å². The highest BCUT2D eigenvalue weighted by Gasteiger charge is 2.22. The first-order valence-corrected chi connectivity index (χ1v) is 12.8. The molecule has 32 heavy (non-hydrogen) atoms. The number of rotatable bonds is 19. The van der Waals surface area contributed by atoms with Gasteiger partial charge in [-0.1, -0.05) is 56.7 Å². The zero-order valence-corrected chi connectivity index (χ0v) is 20.2. The summed E-state index contributed by atoms with van der Waals surface area (Å²) in [5.74, 6) is -0.991. The van der Waals surface area contributed by atoms with Gasteiger partial charge in [0, 0.05) is 12.8 Å². The average Bonchev–Trinajstić information content (AvgIpc) is 2.73. The van der Waals surface area contributed by atoms with Crippen LogP contribution in [0.3, 0.4) is 0 Å². The first-order valence-electron chi connectivity index (χ1n) is 11.3. The van der Waals surface area contributed by atoms with E-state index in [1.807, 2.05) is 6.92 Å². The van der Waals surface area contributed by atoms with Crippen LogP contribution in [0, 0.1) is 0 Å². The molecule has 0 aliphatic heterocycles. The van der Waals surface area contributed by atoms with Crippen molar-refractivity contribution in [1.29, 1.82) is 0 Å². The highest BCUT2D eigenvalue weighted by molar-refractivity contribution is 7.46. The Kier molecular flexibility index (Phi) is 18.8. The maximum absolute atomic E-state index is 12.0. The molecule has 1 atom stereocenters. The van der Waals surface area contributed by atoms with E-state index in [1.54, 1.807) is 0 Å². The van der Waals surface area contributed by atoms with Crippen molar-refractivity contribution in [3.8, 4) is 0 Å². The largest absolute Gasteiger partial charge is 0.469 e. The number of ether oxygens (including phenoxy) is 2. The number of unbranched alkanes of at least 4 members (excludes halogenated alkanes) is 3. The van der Waals surface area contributed by atoms with Gasteiger partial charge in [-0.2, -0.15) is 0 Å². The van der Waals surface area contributed by atoms with E-state index in [2.05, 4.69) is 47.9 Å². The number of hydrogen-bond donors (Lipinski definition) is 2. The number of phosphoric ester groups is 1. The normalized spacial score (nSPS) is 13.2. The fourth-order valence-electron chi connectivity index (χ4n) is 2.54. The van der Waals surface area contributed by atoms with E-state index >= 15 is 0 Å². The van der Waals surface area contributed by atoms with Crippen molar-refractivity contribution in [3.63, 3.8) is 0 Å². The van der Waals surface area contributed by atoms with Gasteiger partial charge in [-0.05, 0) is 44.9 Å². The first kappa shape index (κ1) is 30.3. The number of carbonyl (C=O) groups excluding carboxylic acids is 2. The summed E-state index contributed by atoms with van der Waals surface area (Å²) in [6, 6.07) is 0. The number of hydrogen-bond acceptors (Lipinski definition) is 6. The van der Waals surface area contributed by atoms with Gasteiger partial charge in [0.15, 0.2) is 6.10 Å². The molecule has 0 rings (SSSR count). The summed E-state index contributed by atoms with van der Waals surface area (Å²) in [6.07, 6.45) is 19.1. The molecule has 0 aromatic heterocycles. The second kappa shape index (κ2) is 19.9. The lowest BCUT2D eigenvalue weighted by atomic mass is 10.1. The van der Waals surface area contributed by atoms with Crippen LogP contribution in [-0.2, 0) is 28.2 Å². The summed E-state index contributed by atoms with van der Waals surface area (Å²) >= 11 is 0. The van der Waals surface area contributed by atoms with E-state index in [0.29, 0.717) is 12.8 Å². The first-order chi connectivity index (χ1) is 15.3. The van der Waals surface area contributed by atoms with Crippen molar-refractivity contribution in [3.05, 3.63) is 36.5 Å². The van der Waals surface area contributed by atoms with Crippen LogP contribution in [0.25, 0.3) is 0 Å². The van der Waals surface area contributed by atoms with Crippen LogP contribution in [0.2, 0.25) is 0 Å². The minimum Gasteiger partial charge on any atom is -0.462 e. The topological polar surface area (TPSA) is 119 Å². The summed E-state index contributed by atoms with van der Waals surface area (Å²) < 4.78 is 25.4. The van der Waals surface area contributed by atoms with Crippen LogP contribution in [0.1, 0.15) is 78.1 Å². The zero-order chi connectivity index (χ0) is 24.1. The molecule has 2 N–H and O–H groups in total. The third-order valence-corrected chi connectivity index (χ3v) is 4.63. The van der Waals surface area contributed by atoms with Crippen LogP contribution in [-0.4, -0.2) is 41.0 Å². The highest BCUT2D eigenvalue weighted by atomic mass is 31.2. The lowest BCUT2D eigenvalue weighted by molar-refractivity contribution is -0.161.